The van der Waals surface area contributed by atoms with Gasteiger partial charge in [-0.15, -0.1) is 4.83 Å². The average molecular weight is 454 g/mol. The molecule has 30 heavy (non-hydrogen) atoms. The molecular formula is C18H23N5O5S2. The van der Waals surface area contributed by atoms with Crippen LogP contribution in [0, 0.1) is 0 Å². The number of amides is 1. The molecule has 0 atom stereocenters. The molecule has 0 radical (unpaired) electrons. The number of hydrogen-bond acceptors (Lipinski definition) is 7. The molecule has 0 bridgehead atoms. The van der Waals surface area contributed by atoms with Crippen molar-refractivity contribution in [2.75, 3.05) is 23.8 Å². The fourth-order valence-electron chi connectivity index (χ4n) is 3.02. The van der Waals surface area contributed by atoms with Crippen LogP contribution >= 0.6 is 0 Å². The topological polar surface area (TPSA) is 138 Å². The Labute approximate surface area is 175 Å². The standard InChI is InChI=1S/C18H23N5O5S2/c1-3-23(4-2)30(27,28)15-7-9-17(19-12-15)21-22-29(25,26)14-6-8-16-13(11-14)5-10-18(24)20-16/h6-9,11-12,22H,3-5,10H2,1-2H3,(H,19,21)(H,20,24). The summed E-state index contributed by atoms with van der Waals surface area (Å²) >= 11 is 0. The monoisotopic (exact) mass is 453 g/mol. The van der Waals surface area contributed by atoms with E-state index in [1.165, 1.54) is 34.8 Å². The van der Waals surface area contributed by atoms with Crippen LogP contribution in [0.1, 0.15) is 25.8 Å². The van der Waals surface area contributed by atoms with Crippen LogP contribution in [0.2, 0.25) is 0 Å². The molecule has 0 saturated heterocycles. The third kappa shape index (κ3) is 4.61. The maximum atomic E-state index is 12.6. The number of benzene rings is 1. The second-order valence-electron chi connectivity index (χ2n) is 6.57. The first-order valence-electron chi connectivity index (χ1n) is 9.34. The minimum absolute atomic E-state index is 0.0244. The van der Waals surface area contributed by atoms with Crippen LogP contribution in [0.3, 0.4) is 0 Å². The van der Waals surface area contributed by atoms with Gasteiger partial charge in [-0.05, 0) is 42.3 Å². The highest BCUT2D eigenvalue weighted by atomic mass is 32.2. The summed E-state index contributed by atoms with van der Waals surface area (Å²) in [6.45, 7) is 4.16. The number of hydrazine groups is 1. The molecule has 10 nitrogen and oxygen atoms in total. The molecule has 1 aromatic carbocycles. The summed E-state index contributed by atoms with van der Waals surface area (Å²) in [5.74, 6) is 0.0396. The Morgan fingerprint density at radius 3 is 2.37 bits per heavy atom. The third-order valence-corrected chi connectivity index (χ3v) is 7.95. The van der Waals surface area contributed by atoms with Crippen LogP contribution in [-0.4, -0.2) is 45.1 Å². The van der Waals surface area contributed by atoms with E-state index in [2.05, 4.69) is 20.6 Å². The minimum Gasteiger partial charge on any atom is -0.326 e. The van der Waals surface area contributed by atoms with Gasteiger partial charge in [-0.3, -0.25) is 10.2 Å². The molecule has 0 unspecified atom stereocenters. The lowest BCUT2D eigenvalue weighted by Gasteiger charge is -2.18. The number of carbonyl (C=O) groups is 1. The lowest BCUT2D eigenvalue weighted by atomic mass is 10.0. The Kier molecular flexibility index (Phi) is 6.41. The highest BCUT2D eigenvalue weighted by molar-refractivity contribution is 7.89. The zero-order valence-electron chi connectivity index (χ0n) is 16.5. The van der Waals surface area contributed by atoms with Gasteiger partial charge in [0.05, 0.1) is 4.90 Å². The van der Waals surface area contributed by atoms with Gasteiger partial charge >= 0.3 is 0 Å². The molecule has 0 aliphatic carbocycles. The number of aromatic nitrogens is 1. The van der Waals surface area contributed by atoms with Crippen LogP contribution in [0.25, 0.3) is 0 Å². The number of nitrogens with one attached hydrogen (secondary N) is 3. The quantitative estimate of drug-likeness (QED) is 0.512. The third-order valence-electron chi connectivity index (χ3n) is 4.68. The fourth-order valence-corrected chi connectivity index (χ4v) is 5.33. The summed E-state index contributed by atoms with van der Waals surface area (Å²) < 4.78 is 51.4. The number of hydrogen-bond donors (Lipinski definition) is 3. The van der Waals surface area contributed by atoms with Crippen LogP contribution in [0.15, 0.2) is 46.3 Å². The van der Waals surface area contributed by atoms with Crippen molar-refractivity contribution in [1.29, 1.82) is 0 Å². The molecule has 12 heteroatoms. The van der Waals surface area contributed by atoms with E-state index in [-0.39, 0.29) is 21.5 Å². The summed E-state index contributed by atoms with van der Waals surface area (Å²) in [5.41, 5.74) is 3.82. The average Bonchev–Trinajstić information content (AvgIpc) is 2.73. The van der Waals surface area contributed by atoms with Crippen molar-refractivity contribution in [2.24, 2.45) is 0 Å². The van der Waals surface area contributed by atoms with Crippen molar-refractivity contribution in [3.05, 3.63) is 42.1 Å². The fraction of sp³-hybridized carbons (Fsp3) is 0.333. The lowest BCUT2D eigenvalue weighted by Crippen LogP contribution is -2.31. The lowest BCUT2D eigenvalue weighted by molar-refractivity contribution is -0.116. The summed E-state index contributed by atoms with van der Waals surface area (Å²) in [7, 11) is -7.55. The van der Waals surface area contributed by atoms with Crippen LogP contribution in [-0.2, 0) is 31.3 Å². The molecule has 3 rings (SSSR count). The van der Waals surface area contributed by atoms with E-state index in [9.17, 15) is 21.6 Å². The van der Waals surface area contributed by atoms with E-state index in [0.29, 0.717) is 31.6 Å². The Balaban J connectivity index is 1.71. The van der Waals surface area contributed by atoms with Crippen molar-refractivity contribution < 1.29 is 21.6 Å². The SMILES string of the molecule is CCN(CC)S(=O)(=O)c1ccc(NNS(=O)(=O)c2ccc3c(c2)CCC(=O)N3)nc1. The van der Waals surface area contributed by atoms with Gasteiger partial charge in [0.1, 0.15) is 10.7 Å². The van der Waals surface area contributed by atoms with Gasteiger partial charge in [0.25, 0.3) is 10.0 Å². The Morgan fingerprint density at radius 1 is 1.03 bits per heavy atom. The van der Waals surface area contributed by atoms with E-state index in [4.69, 9.17) is 0 Å². The number of sulfonamides is 2. The van der Waals surface area contributed by atoms with Crippen LogP contribution in [0.4, 0.5) is 11.5 Å². The molecule has 162 valence electrons. The highest BCUT2D eigenvalue weighted by Crippen LogP contribution is 2.25. The van der Waals surface area contributed by atoms with Gasteiger partial charge in [-0.1, -0.05) is 13.8 Å². The van der Waals surface area contributed by atoms with Crippen molar-refractivity contribution in [3.8, 4) is 0 Å². The number of anilines is 2. The normalized spacial score (nSPS) is 14.3. The number of nitrogens with zero attached hydrogens (tertiary/aromatic N) is 2. The van der Waals surface area contributed by atoms with E-state index in [1.807, 2.05) is 0 Å². The van der Waals surface area contributed by atoms with Crippen molar-refractivity contribution in [1.82, 2.24) is 14.1 Å². The second kappa shape index (κ2) is 8.68. The molecule has 0 fully saturated rings. The molecule has 0 spiro atoms. The molecule has 1 aromatic heterocycles. The van der Waals surface area contributed by atoms with Gasteiger partial charge in [0, 0.05) is 31.4 Å². The summed E-state index contributed by atoms with van der Waals surface area (Å²) in [6, 6.07) is 7.18. The first-order valence-corrected chi connectivity index (χ1v) is 12.3. The van der Waals surface area contributed by atoms with Gasteiger partial charge in [0.2, 0.25) is 15.9 Å². The zero-order valence-corrected chi connectivity index (χ0v) is 18.2. The van der Waals surface area contributed by atoms with Gasteiger partial charge in [-0.2, -0.15) is 4.31 Å². The summed E-state index contributed by atoms with van der Waals surface area (Å²) in [5, 5.41) is 2.70. The first kappa shape index (κ1) is 22.2. The Bertz CT molecular complexity index is 1140. The molecule has 1 aliphatic heterocycles. The van der Waals surface area contributed by atoms with E-state index in [0.717, 1.165) is 5.56 Å². The number of aryl methyl sites for hydroxylation is 1. The van der Waals surface area contributed by atoms with Crippen LogP contribution < -0.4 is 15.6 Å². The predicted molar refractivity (Wildman–Crippen MR) is 112 cm³/mol. The molecule has 2 heterocycles. The molecule has 1 amide bonds. The summed E-state index contributed by atoms with van der Waals surface area (Å²) in [4.78, 5) is 17.7. The predicted octanol–water partition coefficient (Wildman–Crippen LogP) is 1.30. The van der Waals surface area contributed by atoms with Crippen molar-refractivity contribution >= 4 is 37.5 Å². The number of fused-ring (bicyclic) bond motifs is 1. The largest absolute Gasteiger partial charge is 0.326 e. The number of carbonyl (C=O) groups excluding carboxylic acids is 1. The summed E-state index contributed by atoms with van der Waals surface area (Å²) in [6.07, 6.45) is 1.93. The van der Waals surface area contributed by atoms with Gasteiger partial charge in [-0.25, -0.2) is 21.8 Å². The van der Waals surface area contributed by atoms with Crippen LogP contribution in [0.5, 0.6) is 0 Å². The maximum absolute atomic E-state index is 12.6. The Hall–Kier alpha value is -2.54. The number of pyridine rings is 1. The van der Waals surface area contributed by atoms with Crippen molar-refractivity contribution in [2.45, 2.75) is 36.5 Å². The van der Waals surface area contributed by atoms with E-state index in [1.54, 1.807) is 19.9 Å². The zero-order chi connectivity index (χ0) is 21.9. The maximum Gasteiger partial charge on any atom is 0.257 e. The molecule has 3 N–H and O–H groups in total. The highest BCUT2D eigenvalue weighted by Gasteiger charge is 2.22. The molecule has 0 saturated carbocycles. The smallest absolute Gasteiger partial charge is 0.257 e. The first-order chi connectivity index (χ1) is 14.2. The number of rotatable bonds is 8. The molecule has 1 aliphatic rings. The van der Waals surface area contributed by atoms with Gasteiger partial charge in [0.15, 0.2) is 0 Å². The molecule has 2 aromatic rings. The minimum atomic E-state index is -3.91. The van der Waals surface area contributed by atoms with E-state index >= 15 is 0 Å². The molecular weight excluding hydrogens is 430 g/mol. The Morgan fingerprint density at radius 2 is 1.73 bits per heavy atom. The second-order valence-corrected chi connectivity index (χ2v) is 10.2. The van der Waals surface area contributed by atoms with Crippen molar-refractivity contribution in [3.63, 3.8) is 0 Å². The van der Waals surface area contributed by atoms with Gasteiger partial charge < -0.3 is 5.32 Å². The van der Waals surface area contributed by atoms with E-state index < -0.39 is 20.0 Å².